The second-order valence-electron chi connectivity index (χ2n) is 13.3. The Morgan fingerprint density at radius 3 is 2.53 bits per heavy atom. The fraction of sp³-hybridized carbons (Fsp3) is 0.500. The first-order valence-electron chi connectivity index (χ1n) is 18.1. The number of rotatable bonds is 15. The van der Waals surface area contributed by atoms with Crippen molar-refractivity contribution in [2.75, 3.05) is 84.3 Å². The van der Waals surface area contributed by atoms with E-state index in [0.717, 1.165) is 101 Å². The number of hydrogen-bond donors (Lipinski definition) is 0. The number of methoxy groups -OCH3 is 1. The van der Waals surface area contributed by atoms with Gasteiger partial charge in [0.25, 0.3) is 5.91 Å². The molecular formula is C40H53N5O4. The zero-order chi connectivity index (χ0) is 34.1. The number of carbonyl (C=O) groups is 1. The van der Waals surface area contributed by atoms with Crippen LogP contribution in [0.2, 0.25) is 0 Å². The molecule has 2 fully saturated rings. The van der Waals surface area contributed by atoms with Gasteiger partial charge in [-0.2, -0.15) is 0 Å². The molecule has 0 N–H and O–H groups in total. The van der Waals surface area contributed by atoms with Crippen molar-refractivity contribution in [1.29, 1.82) is 0 Å². The van der Waals surface area contributed by atoms with Crippen molar-refractivity contribution in [3.8, 4) is 5.75 Å². The minimum Gasteiger partial charge on any atom is -0.491 e. The van der Waals surface area contributed by atoms with E-state index in [1.165, 1.54) is 11.1 Å². The summed E-state index contributed by atoms with van der Waals surface area (Å²) in [7, 11) is 1.66. The maximum absolute atomic E-state index is 14.1. The van der Waals surface area contributed by atoms with E-state index in [2.05, 4.69) is 80.8 Å². The van der Waals surface area contributed by atoms with Crippen LogP contribution in [0, 0.1) is 0 Å². The van der Waals surface area contributed by atoms with Crippen LogP contribution in [0.1, 0.15) is 54.6 Å². The predicted octanol–water partition coefficient (Wildman–Crippen LogP) is 6.05. The van der Waals surface area contributed by atoms with E-state index in [0.29, 0.717) is 32.2 Å². The second kappa shape index (κ2) is 16.7. The maximum atomic E-state index is 14.1. The molecule has 0 saturated carbocycles. The van der Waals surface area contributed by atoms with Gasteiger partial charge in [-0.15, -0.1) is 0 Å². The average molecular weight is 668 g/mol. The number of anilines is 1. The number of benzene rings is 3. The monoisotopic (exact) mass is 667 g/mol. The lowest BCUT2D eigenvalue weighted by atomic mass is 9.76. The van der Waals surface area contributed by atoms with Gasteiger partial charge in [-0.1, -0.05) is 55.5 Å². The summed E-state index contributed by atoms with van der Waals surface area (Å²) in [6.07, 6.45) is 3.85. The van der Waals surface area contributed by atoms with E-state index in [9.17, 15) is 4.79 Å². The molecule has 1 atom stereocenters. The first-order chi connectivity index (χ1) is 24.0. The van der Waals surface area contributed by atoms with Gasteiger partial charge in [0.05, 0.1) is 24.2 Å². The summed E-state index contributed by atoms with van der Waals surface area (Å²) in [5.74, 6) is 1.86. The van der Waals surface area contributed by atoms with Crippen molar-refractivity contribution >= 4 is 22.9 Å². The van der Waals surface area contributed by atoms with Crippen molar-refractivity contribution in [1.82, 2.24) is 19.4 Å². The van der Waals surface area contributed by atoms with Crippen LogP contribution in [0.25, 0.3) is 11.0 Å². The molecule has 2 saturated heterocycles. The van der Waals surface area contributed by atoms with Crippen LogP contribution in [0.4, 0.5) is 5.95 Å². The molecule has 3 aromatic carbocycles. The Balaban J connectivity index is 1.15. The highest BCUT2D eigenvalue weighted by molar-refractivity contribution is 5.96. The molecule has 0 spiro atoms. The Hall–Kier alpha value is -3.92. The summed E-state index contributed by atoms with van der Waals surface area (Å²) in [6, 6.07) is 25.2. The number of likely N-dealkylation sites (tertiary alicyclic amines) is 1. The first-order valence-corrected chi connectivity index (χ1v) is 18.1. The maximum Gasteiger partial charge on any atom is 0.254 e. The van der Waals surface area contributed by atoms with Gasteiger partial charge < -0.3 is 33.5 Å². The van der Waals surface area contributed by atoms with Gasteiger partial charge in [0, 0.05) is 64.0 Å². The van der Waals surface area contributed by atoms with Crippen LogP contribution in [-0.4, -0.2) is 105 Å². The third-order valence-electron chi connectivity index (χ3n) is 10.4. The lowest BCUT2D eigenvalue weighted by Crippen LogP contribution is -2.39. The number of ether oxygens (including phenoxy) is 3. The second-order valence-corrected chi connectivity index (χ2v) is 13.3. The minimum atomic E-state index is -0.0882. The zero-order valence-corrected chi connectivity index (χ0v) is 29.6. The number of para-hydroxylation sites is 2. The molecule has 9 nitrogen and oxygen atoms in total. The number of fused-ring (bicyclic) bond motifs is 1. The fourth-order valence-corrected chi connectivity index (χ4v) is 7.58. The van der Waals surface area contributed by atoms with E-state index in [4.69, 9.17) is 19.2 Å². The van der Waals surface area contributed by atoms with Crippen LogP contribution < -0.4 is 9.64 Å². The molecule has 4 aromatic rings. The third kappa shape index (κ3) is 8.11. The Kier molecular flexibility index (Phi) is 11.9. The highest BCUT2D eigenvalue weighted by Crippen LogP contribution is 2.39. The van der Waals surface area contributed by atoms with Crippen LogP contribution in [0.3, 0.4) is 0 Å². The van der Waals surface area contributed by atoms with E-state index in [-0.39, 0.29) is 11.3 Å². The van der Waals surface area contributed by atoms with E-state index in [1.54, 1.807) is 7.11 Å². The highest BCUT2D eigenvalue weighted by atomic mass is 16.5. The predicted molar refractivity (Wildman–Crippen MR) is 196 cm³/mol. The molecule has 2 aliphatic rings. The lowest BCUT2D eigenvalue weighted by Gasteiger charge is -2.33. The van der Waals surface area contributed by atoms with Crippen molar-refractivity contribution in [2.24, 2.45) is 0 Å². The topological polar surface area (TPSA) is 72.3 Å². The quantitative estimate of drug-likeness (QED) is 0.143. The summed E-state index contributed by atoms with van der Waals surface area (Å²) in [5.41, 5.74) is 5.26. The summed E-state index contributed by atoms with van der Waals surface area (Å²) >= 11 is 0. The van der Waals surface area contributed by atoms with Crippen LogP contribution >= 0.6 is 0 Å². The molecule has 0 bridgehead atoms. The molecule has 3 heterocycles. The average Bonchev–Trinajstić information content (AvgIpc) is 3.66. The molecule has 49 heavy (non-hydrogen) atoms. The fourth-order valence-electron chi connectivity index (χ4n) is 7.58. The van der Waals surface area contributed by atoms with E-state index < -0.39 is 0 Å². The van der Waals surface area contributed by atoms with Crippen LogP contribution in [0.15, 0.2) is 72.8 Å². The summed E-state index contributed by atoms with van der Waals surface area (Å²) < 4.78 is 19.1. The number of carbonyl (C=O) groups excluding carboxylic acids is 1. The molecule has 0 unspecified atom stereocenters. The van der Waals surface area contributed by atoms with Gasteiger partial charge in [-0.25, -0.2) is 4.98 Å². The molecule has 9 heteroatoms. The SMILES string of the molecule is CCOCCn1c(N2CCCN(CC[C@]3(c4ccccc4)CCN(C(=O)c4cc(OCCOC)ccc4CC)C3)CC2)nc2ccccc21. The zero-order valence-electron chi connectivity index (χ0n) is 29.6. The van der Waals surface area contributed by atoms with Crippen molar-refractivity contribution in [2.45, 2.75) is 51.5 Å². The Morgan fingerprint density at radius 1 is 0.878 bits per heavy atom. The molecule has 6 rings (SSSR count). The van der Waals surface area contributed by atoms with Crippen LogP contribution in [-0.2, 0) is 27.9 Å². The number of nitrogens with zero attached hydrogens (tertiary/aromatic N) is 5. The Labute approximate surface area is 291 Å². The summed E-state index contributed by atoms with van der Waals surface area (Å²) in [5, 5.41) is 0. The molecule has 1 aromatic heterocycles. The van der Waals surface area contributed by atoms with Gasteiger partial charge in [-0.05, 0) is 81.1 Å². The summed E-state index contributed by atoms with van der Waals surface area (Å²) in [4.78, 5) is 26.4. The minimum absolute atomic E-state index is 0.0882. The number of aryl methyl sites for hydroxylation is 1. The van der Waals surface area contributed by atoms with Gasteiger partial charge >= 0.3 is 0 Å². The number of hydrogen-bond acceptors (Lipinski definition) is 7. The smallest absolute Gasteiger partial charge is 0.254 e. The number of imidazole rings is 1. The van der Waals surface area contributed by atoms with Crippen LogP contribution in [0.5, 0.6) is 5.75 Å². The standard InChI is InChI=1S/C40H53N5O4/c1-4-32-16-17-34(49-29-28-47-3)30-35(32)38(46)44-23-19-40(31-44,33-12-7-6-8-13-33)18-22-42-20-11-21-43(25-24-42)39-41-36-14-9-10-15-37(36)45(39)26-27-48-5-2/h6-10,12-17,30H,4-5,11,18-29,31H2,1-3H3/t40-/m0/s1. The Morgan fingerprint density at radius 2 is 1.71 bits per heavy atom. The van der Waals surface area contributed by atoms with Crippen molar-refractivity contribution in [3.63, 3.8) is 0 Å². The molecule has 0 radical (unpaired) electrons. The first kappa shape index (κ1) is 34.9. The molecule has 1 amide bonds. The summed E-state index contributed by atoms with van der Waals surface area (Å²) in [6.45, 7) is 13.7. The Bertz CT molecular complexity index is 1660. The number of aromatic nitrogens is 2. The highest BCUT2D eigenvalue weighted by Gasteiger charge is 2.42. The van der Waals surface area contributed by atoms with Crippen molar-refractivity contribution in [3.05, 3.63) is 89.5 Å². The number of amides is 1. The largest absolute Gasteiger partial charge is 0.491 e. The van der Waals surface area contributed by atoms with E-state index in [1.807, 2.05) is 25.1 Å². The van der Waals surface area contributed by atoms with Gasteiger partial charge in [0.2, 0.25) is 5.95 Å². The lowest BCUT2D eigenvalue weighted by molar-refractivity contribution is 0.0779. The van der Waals surface area contributed by atoms with Gasteiger partial charge in [-0.3, -0.25) is 4.79 Å². The normalized spacial score (nSPS) is 18.7. The molecule has 2 aliphatic heterocycles. The molecule has 262 valence electrons. The van der Waals surface area contributed by atoms with Crippen molar-refractivity contribution < 1.29 is 19.0 Å². The third-order valence-corrected chi connectivity index (χ3v) is 10.4. The van der Waals surface area contributed by atoms with Gasteiger partial charge in [0.1, 0.15) is 12.4 Å². The van der Waals surface area contributed by atoms with E-state index >= 15 is 0 Å². The van der Waals surface area contributed by atoms with Gasteiger partial charge in [0.15, 0.2) is 0 Å². The molecule has 0 aliphatic carbocycles. The molecular weight excluding hydrogens is 614 g/mol.